The quantitative estimate of drug-likeness (QED) is 0.906. The fraction of sp³-hybridized carbons (Fsp3) is 0.0833. The predicted molar refractivity (Wildman–Crippen MR) is 69.2 cm³/mol. The second-order valence-electron chi connectivity index (χ2n) is 3.82. The zero-order chi connectivity index (χ0) is 14.0. The lowest BCUT2D eigenvalue weighted by molar-refractivity contribution is 0.621. The van der Waals surface area contributed by atoms with Crippen LogP contribution in [-0.2, 0) is 6.54 Å². The van der Waals surface area contributed by atoms with Crippen molar-refractivity contribution in [1.82, 2.24) is 9.55 Å². The summed E-state index contributed by atoms with van der Waals surface area (Å²) in [5.74, 6) is -0.550. The minimum Gasteiger partial charge on any atom is -0.295 e. The van der Waals surface area contributed by atoms with Gasteiger partial charge in [0.1, 0.15) is 5.82 Å². The maximum Gasteiger partial charge on any atom is 0.328 e. The topological polar surface area (TPSA) is 78.7 Å². The number of benzene rings is 1. The number of nitriles is 1. The molecular weight excluding hydrogens is 317 g/mol. The minimum absolute atomic E-state index is 0.0562. The van der Waals surface area contributed by atoms with Crippen LogP contribution < -0.4 is 11.2 Å². The molecule has 0 spiro atoms. The van der Waals surface area contributed by atoms with Crippen molar-refractivity contribution in [2.24, 2.45) is 0 Å². The van der Waals surface area contributed by atoms with E-state index in [0.29, 0.717) is 5.56 Å². The number of nitrogens with zero attached hydrogens (tertiary/aromatic N) is 2. The maximum absolute atomic E-state index is 13.3. The molecule has 0 amide bonds. The highest BCUT2D eigenvalue weighted by Gasteiger charge is 2.05. The van der Waals surface area contributed by atoms with E-state index in [0.717, 1.165) is 6.07 Å². The van der Waals surface area contributed by atoms with Crippen molar-refractivity contribution >= 4 is 15.9 Å². The van der Waals surface area contributed by atoms with Crippen LogP contribution >= 0.6 is 15.9 Å². The van der Waals surface area contributed by atoms with Crippen LogP contribution in [0.4, 0.5) is 4.39 Å². The van der Waals surface area contributed by atoms with Gasteiger partial charge in [-0.1, -0.05) is 0 Å². The van der Waals surface area contributed by atoms with Gasteiger partial charge in [0.2, 0.25) is 0 Å². The molecule has 2 rings (SSSR count). The summed E-state index contributed by atoms with van der Waals surface area (Å²) in [5, 5.41) is 8.75. The van der Waals surface area contributed by atoms with E-state index >= 15 is 0 Å². The molecule has 5 nitrogen and oxygen atoms in total. The number of halogens is 2. The number of rotatable bonds is 2. The summed E-state index contributed by atoms with van der Waals surface area (Å²) in [6.07, 6.45) is 1.32. The van der Waals surface area contributed by atoms with Crippen molar-refractivity contribution in [2.75, 3.05) is 0 Å². The number of aromatic amines is 1. The Morgan fingerprint density at radius 2 is 2.11 bits per heavy atom. The van der Waals surface area contributed by atoms with Crippen LogP contribution in [0.15, 0.2) is 38.5 Å². The third kappa shape index (κ3) is 2.98. The van der Waals surface area contributed by atoms with Gasteiger partial charge in [-0.25, -0.2) is 9.18 Å². The summed E-state index contributed by atoms with van der Waals surface area (Å²) < 4.78 is 14.7. The van der Waals surface area contributed by atoms with Gasteiger partial charge in [-0.15, -0.1) is 0 Å². The number of aromatic nitrogens is 2. The molecule has 1 aromatic carbocycles. The molecule has 0 aliphatic rings. The van der Waals surface area contributed by atoms with E-state index in [1.807, 2.05) is 6.07 Å². The van der Waals surface area contributed by atoms with E-state index < -0.39 is 17.1 Å². The average molecular weight is 324 g/mol. The fourth-order valence-corrected chi connectivity index (χ4v) is 1.95. The molecule has 0 atom stereocenters. The van der Waals surface area contributed by atoms with Crippen molar-refractivity contribution in [3.05, 3.63) is 66.7 Å². The Hall–Kier alpha value is -2.20. The van der Waals surface area contributed by atoms with Gasteiger partial charge in [-0.3, -0.25) is 14.3 Å². The van der Waals surface area contributed by atoms with Gasteiger partial charge in [0.05, 0.1) is 22.7 Å². The van der Waals surface area contributed by atoms with Gasteiger partial charge in [0, 0.05) is 6.20 Å². The summed E-state index contributed by atoms with van der Waals surface area (Å²) in [5.41, 5.74) is -0.502. The molecule has 2 aromatic rings. The first kappa shape index (κ1) is 13.2. The Labute approximate surface area is 115 Å². The molecule has 1 N–H and O–H groups in total. The van der Waals surface area contributed by atoms with E-state index in [1.54, 1.807) is 0 Å². The van der Waals surface area contributed by atoms with Crippen LogP contribution in [-0.4, -0.2) is 9.55 Å². The van der Waals surface area contributed by atoms with Gasteiger partial charge < -0.3 is 0 Å². The van der Waals surface area contributed by atoms with Crippen molar-refractivity contribution < 1.29 is 4.39 Å². The summed E-state index contributed by atoms with van der Waals surface area (Å²) in [4.78, 5) is 24.9. The largest absolute Gasteiger partial charge is 0.328 e. The minimum atomic E-state index is -0.601. The zero-order valence-electron chi connectivity index (χ0n) is 9.48. The van der Waals surface area contributed by atoms with Crippen LogP contribution in [0, 0.1) is 17.1 Å². The number of nitrogens with one attached hydrogen (secondary N) is 1. The summed E-state index contributed by atoms with van der Waals surface area (Å²) in [6, 6.07) is 5.65. The highest BCUT2D eigenvalue weighted by molar-refractivity contribution is 9.10. The van der Waals surface area contributed by atoms with Gasteiger partial charge >= 0.3 is 5.69 Å². The Kier molecular flexibility index (Phi) is 3.62. The van der Waals surface area contributed by atoms with E-state index in [2.05, 4.69) is 20.9 Å². The standard InChI is InChI=1S/C12H7BrFN3O2/c13-10-6-17(12(19)16-11(10)18)5-8-1-7(4-15)2-9(14)3-8/h1-3,6H,5H2,(H,16,18,19). The van der Waals surface area contributed by atoms with Crippen LogP contribution in [0.3, 0.4) is 0 Å². The zero-order valence-corrected chi connectivity index (χ0v) is 11.1. The second-order valence-corrected chi connectivity index (χ2v) is 4.68. The molecule has 0 unspecified atom stereocenters. The van der Waals surface area contributed by atoms with Gasteiger partial charge in [0.25, 0.3) is 5.56 Å². The second kappa shape index (κ2) is 5.20. The highest BCUT2D eigenvalue weighted by atomic mass is 79.9. The van der Waals surface area contributed by atoms with E-state index in [-0.39, 0.29) is 16.6 Å². The van der Waals surface area contributed by atoms with Crippen molar-refractivity contribution in [1.29, 1.82) is 5.26 Å². The van der Waals surface area contributed by atoms with Crippen molar-refractivity contribution in [2.45, 2.75) is 6.54 Å². The highest BCUT2D eigenvalue weighted by Crippen LogP contribution is 2.10. The Morgan fingerprint density at radius 1 is 1.37 bits per heavy atom. The normalized spacial score (nSPS) is 10.2. The van der Waals surface area contributed by atoms with E-state index in [4.69, 9.17) is 5.26 Å². The summed E-state index contributed by atoms with van der Waals surface area (Å²) in [6.45, 7) is 0.0562. The van der Waals surface area contributed by atoms with E-state index in [1.165, 1.54) is 22.9 Å². The molecule has 0 saturated heterocycles. The van der Waals surface area contributed by atoms with Crippen LogP contribution in [0.5, 0.6) is 0 Å². The molecule has 19 heavy (non-hydrogen) atoms. The van der Waals surface area contributed by atoms with E-state index in [9.17, 15) is 14.0 Å². The number of hydrogen-bond donors (Lipinski definition) is 1. The number of hydrogen-bond acceptors (Lipinski definition) is 3. The monoisotopic (exact) mass is 323 g/mol. The molecule has 0 bridgehead atoms. The van der Waals surface area contributed by atoms with Gasteiger partial charge in [-0.2, -0.15) is 5.26 Å². The smallest absolute Gasteiger partial charge is 0.295 e. The summed E-state index contributed by atoms with van der Waals surface area (Å²) in [7, 11) is 0. The Morgan fingerprint density at radius 3 is 2.79 bits per heavy atom. The summed E-state index contributed by atoms with van der Waals surface area (Å²) >= 11 is 3.01. The van der Waals surface area contributed by atoms with Crippen LogP contribution in [0.25, 0.3) is 0 Å². The lowest BCUT2D eigenvalue weighted by Gasteiger charge is -2.06. The molecule has 7 heteroatoms. The molecular formula is C12H7BrFN3O2. The Bertz CT molecular complexity index is 789. The van der Waals surface area contributed by atoms with Crippen molar-refractivity contribution in [3.8, 4) is 6.07 Å². The third-order valence-corrected chi connectivity index (χ3v) is 2.97. The predicted octanol–water partition coefficient (Wildman–Crippen LogP) is 1.36. The molecule has 0 radical (unpaired) electrons. The van der Waals surface area contributed by atoms with Crippen molar-refractivity contribution in [3.63, 3.8) is 0 Å². The van der Waals surface area contributed by atoms with Gasteiger partial charge in [0.15, 0.2) is 0 Å². The maximum atomic E-state index is 13.3. The third-order valence-electron chi connectivity index (χ3n) is 2.41. The first-order valence-corrected chi connectivity index (χ1v) is 5.98. The molecule has 0 aliphatic carbocycles. The molecule has 1 heterocycles. The average Bonchev–Trinajstić information content (AvgIpc) is 2.35. The van der Waals surface area contributed by atoms with Crippen LogP contribution in [0.1, 0.15) is 11.1 Å². The molecule has 96 valence electrons. The first-order chi connectivity index (χ1) is 8.99. The number of H-pyrrole nitrogens is 1. The van der Waals surface area contributed by atoms with Gasteiger partial charge in [-0.05, 0) is 39.7 Å². The molecule has 0 fully saturated rings. The molecule has 0 saturated carbocycles. The fourth-order valence-electron chi connectivity index (χ4n) is 1.60. The Balaban J connectivity index is 2.45. The molecule has 0 aliphatic heterocycles. The SMILES string of the molecule is N#Cc1cc(F)cc(Cn2cc(Br)c(=O)[nH]c2=O)c1. The lowest BCUT2D eigenvalue weighted by Crippen LogP contribution is -2.30. The lowest BCUT2D eigenvalue weighted by atomic mass is 10.1. The molecule has 1 aromatic heterocycles. The first-order valence-electron chi connectivity index (χ1n) is 5.18. The van der Waals surface area contributed by atoms with Crippen LogP contribution in [0.2, 0.25) is 0 Å².